The molecule has 1 saturated heterocycles. The summed E-state index contributed by atoms with van der Waals surface area (Å²) >= 11 is 6.17. The van der Waals surface area contributed by atoms with Crippen LogP contribution in [0.25, 0.3) is 22.0 Å². The van der Waals surface area contributed by atoms with Crippen molar-refractivity contribution in [2.45, 2.75) is 57.1 Å². The fraction of sp³-hybridized carbons (Fsp3) is 0.407. The molecule has 3 aromatic rings. The molecule has 172 valence electrons. The Morgan fingerprint density at radius 1 is 1.24 bits per heavy atom. The van der Waals surface area contributed by atoms with Crippen molar-refractivity contribution in [3.8, 4) is 11.1 Å². The Hall–Kier alpha value is -2.63. The van der Waals surface area contributed by atoms with E-state index in [2.05, 4.69) is 22.4 Å². The fourth-order valence-corrected chi connectivity index (χ4v) is 5.27. The summed E-state index contributed by atoms with van der Waals surface area (Å²) in [7, 11) is 0. The summed E-state index contributed by atoms with van der Waals surface area (Å²) in [6, 6.07) is 16.2. The molecule has 6 heteroatoms. The van der Waals surface area contributed by atoms with Gasteiger partial charge in [0.1, 0.15) is 5.82 Å². The van der Waals surface area contributed by atoms with Crippen LogP contribution in [0.3, 0.4) is 0 Å². The molecular weight excluding hydrogens is 434 g/mol. The number of rotatable bonds is 5. The standard InChI is InChI=1S/C27H30ClN3O2/c1-17(26(32)30-23-8-11-33-27(16-23)9-3-10-27)12-21-14-20-13-19(6-7-24(20)31-25(21)29)18-4-2-5-22(28)15-18/h2,4-7,13-15,17,23H,3,8-12,16H2,1H3,(H2,29,31)(H,30,32). The van der Waals surface area contributed by atoms with E-state index in [0.29, 0.717) is 17.3 Å². The molecule has 1 aliphatic heterocycles. The van der Waals surface area contributed by atoms with Crippen LogP contribution in [0.15, 0.2) is 48.5 Å². The van der Waals surface area contributed by atoms with Gasteiger partial charge in [0.05, 0.1) is 11.1 Å². The Morgan fingerprint density at radius 2 is 2.06 bits per heavy atom. The third kappa shape index (κ3) is 4.71. The van der Waals surface area contributed by atoms with Crippen molar-refractivity contribution < 1.29 is 9.53 Å². The van der Waals surface area contributed by atoms with Crippen molar-refractivity contribution in [2.75, 3.05) is 12.3 Å². The van der Waals surface area contributed by atoms with Gasteiger partial charge in [-0.05, 0) is 85.5 Å². The van der Waals surface area contributed by atoms with E-state index in [4.69, 9.17) is 22.1 Å². The van der Waals surface area contributed by atoms with Gasteiger partial charge in [0.15, 0.2) is 0 Å². The molecule has 1 saturated carbocycles. The van der Waals surface area contributed by atoms with Crippen molar-refractivity contribution >= 4 is 34.2 Å². The van der Waals surface area contributed by atoms with Crippen molar-refractivity contribution in [1.29, 1.82) is 0 Å². The number of carbonyl (C=O) groups excluding carboxylic acids is 1. The predicted octanol–water partition coefficient (Wildman–Crippen LogP) is 5.53. The van der Waals surface area contributed by atoms with Crippen LogP contribution in [0, 0.1) is 5.92 Å². The van der Waals surface area contributed by atoms with Gasteiger partial charge >= 0.3 is 0 Å². The third-order valence-electron chi connectivity index (χ3n) is 7.16. The molecule has 2 fully saturated rings. The molecule has 3 N–H and O–H groups in total. The number of fused-ring (bicyclic) bond motifs is 1. The molecule has 2 unspecified atom stereocenters. The minimum Gasteiger partial charge on any atom is -0.383 e. The fourth-order valence-electron chi connectivity index (χ4n) is 5.08. The number of hydrogen-bond donors (Lipinski definition) is 2. The average Bonchev–Trinajstić information content (AvgIpc) is 2.78. The van der Waals surface area contributed by atoms with Gasteiger partial charge in [-0.15, -0.1) is 0 Å². The predicted molar refractivity (Wildman–Crippen MR) is 133 cm³/mol. The van der Waals surface area contributed by atoms with Gasteiger partial charge in [-0.2, -0.15) is 0 Å². The highest BCUT2D eigenvalue weighted by molar-refractivity contribution is 6.30. The number of carbonyl (C=O) groups is 1. The number of amides is 1. The first-order valence-electron chi connectivity index (χ1n) is 11.8. The number of pyridine rings is 1. The van der Waals surface area contributed by atoms with Gasteiger partial charge in [0.25, 0.3) is 0 Å². The SMILES string of the molecule is CC(Cc1cc2cc(-c3cccc(Cl)c3)ccc2nc1N)C(=O)NC1CCOC2(CCC2)C1. The van der Waals surface area contributed by atoms with Crippen LogP contribution in [0.4, 0.5) is 5.82 Å². The molecule has 2 aliphatic rings. The number of nitrogens with one attached hydrogen (secondary N) is 1. The maximum Gasteiger partial charge on any atom is 0.223 e. The number of hydrogen-bond acceptors (Lipinski definition) is 4. The van der Waals surface area contributed by atoms with Crippen molar-refractivity contribution in [1.82, 2.24) is 10.3 Å². The molecule has 2 aromatic carbocycles. The second-order valence-corrected chi connectivity index (χ2v) is 10.1. The molecule has 33 heavy (non-hydrogen) atoms. The van der Waals surface area contributed by atoms with Crippen molar-refractivity contribution in [3.05, 3.63) is 59.1 Å². The molecule has 1 spiro atoms. The van der Waals surface area contributed by atoms with Crippen LogP contribution in [0.2, 0.25) is 5.02 Å². The van der Waals surface area contributed by atoms with E-state index in [-0.39, 0.29) is 23.5 Å². The first kappa shape index (κ1) is 22.2. The summed E-state index contributed by atoms with van der Waals surface area (Å²) in [6.07, 6.45) is 5.82. The van der Waals surface area contributed by atoms with E-state index in [0.717, 1.165) is 59.9 Å². The Morgan fingerprint density at radius 3 is 2.82 bits per heavy atom. The van der Waals surface area contributed by atoms with Gasteiger partial charge in [0, 0.05) is 29.0 Å². The molecule has 1 amide bonds. The number of nitrogens with zero attached hydrogens (tertiary/aromatic N) is 1. The summed E-state index contributed by atoms with van der Waals surface area (Å²) in [5.41, 5.74) is 10.2. The van der Waals surface area contributed by atoms with E-state index in [9.17, 15) is 4.79 Å². The molecule has 1 aromatic heterocycles. The molecule has 2 atom stereocenters. The minimum atomic E-state index is -0.192. The highest BCUT2D eigenvalue weighted by Crippen LogP contribution is 2.42. The molecular formula is C27H30ClN3O2. The zero-order valence-electron chi connectivity index (χ0n) is 18.9. The minimum absolute atomic E-state index is 0.0207. The molecule has 5 nitrogen and oxygen atoms in total. The van der Waals surface area contributed by atoms with Crippen LogP contribution >= 0.6 is 11.6 Å². The van der Waals surface area contributed by atoms with Crippen LogP contribution in [0.5, 0.6) is 0 Å². The maximum absolute atomic E-state index is 13.0. The molecule has 5 rings (SSSR count). The van der Waals surface area contributed by atoms with E-state index < -0.39 is 0 Å². The summed E-state index contributed by atoms with van der Waals surface area (Å²) < 4.78 is 5.99. The first-order chi connectivity index (χ1) is 15.9. The zero-order chi connectivity index (χ0) is 23.0. The number of anilines is 1. The third-order valence-corrected chi connectivity index (χ3v) is 7.40. The van der Waals surface area contributed by atoms with Crippen LogP contribution in [0.1, 0.15) is 44.6 Å². The largest absolute Gasteiger partial charge is 0.383 e. The van der Waals surface area contributed by atoms with E-state index >= 15 is 0 Å². The zero-order valence-corrected chi connectivity index (χ0v) is 19.7. The monoisotopic (exact) mass is 463 g/mol. The number of nitrogen functional groups attached to an aromatic ring is 1. The normalized spacial score (nSPS) is 20.4. The highest BCUT2D eigenvalue weighted by atomic mass is 35.5. The van der Waals surface area contributed by atoms with Gasteiger partial charge in [-0.25, -0.2) is 4.98 Å². The summed E-state index contributed by atoms with van der Waals surface area (Å²) in [6.45, 7) is 2.69. The van der Waals surface area contributed by atoms with E-state index in [1.807, 2.05) is 43.3 Å². The lowest BCUT2D eigenvalue weighted by Crippen LogP contribution is -2.52. The van der Waals surface area contributed by atoms with Crippen LogP contribution in [-0.2, 0) is 16.0 Å². The number of halogens is 1. The molecule has 2 heterocycles. The summed E-state index contributed by atoms with van der Waals surface area (Å²) in [5.74, 6) is 0.364. The second kappa shape index (κ2) is 8.96. The maximum atomic E-state index is 13.0. The van der Waals surface area contributed by atoms with E-state index in [1.54, 1.807) is 0 Å². The summed E-state index contributed by atoms with van der Waals surface area (Å²) in [4.78, 5) is 17.6. The van der Waals surface area contributed by atoms with E-state index in [1.165, 1.54) is 6.42 Å². The number of benzene rings is 2. The van der Waals surface area contributed by atoms with Crippen LogP contribution in [-0.4, -0.2) is 29.1 Å². The van der Waals surface area contributed by atoms with Crippen LogP contribution < -0.4 is 11.1 Å². The molecule has 1 aliphatic carbocycles. The molecule has 0 radical (unpaired) electrons. The Bertz CT molecular complexity index is 1190. The molecule has 0 bridgehead atoms. The Balaban J connectivity index is 1.31. The average molecular weight is 464 g/mol. The van der Waals surface area contributed by atoms with Gasteiger partial charge < -0.3 is 15.8 Å². The highest BCUT2D eigenvalue weighted by Gasteiger charge is 2.43. The summed E-state index contributed by atoms with van der Waals surface area (Å²) in [5, 5.41) is 4.97. The Kier molecular flexibility index (Phi) is 6.02. The second-order valence-electron chi connectivity index (χ2n) is 9.64. The topological polar surface area (TPSA) is 77.2 Å². The Labute approximate surface area is 199 Å². The van der Waals surface area contributed by atoms with Crippen molar-refractivity contribution in [3.63, 3.8) is 0 Å². The van der Waals surface area contributed by atoms with Gasteiger partial charge in [-0.1, -0.05) is 36.7 Å². The lowest BCUT2D eigenvalue weighted by Gasteiger charge is -2.47. The van der Waals surface area contributed by atoms with Gasteiger partial charge in [-0.3, -0.25) is 4.79 Å². The number of aromatic nitrogens is 1. The number of ether oxygens (including phenoxy) is 1. The first-order valence-corrected chi connectivity index (χ1v) is 12.2. The van der Waals surface area contributed by atoms with Gasteiger partial charge in [0.2, 0.25) is 5.91 Å². The lowest BCUT2D eigenvalue weighted by molar-refractivity contribution is -0.142. The lowest BCUT2D eigenvalue weighted by atomic mass is 9.74. The quantitative estimate of drug-likeness (QED) is 0.521. The smallest absolute Gasteiger partial charge is 0.223 e. The van der Waals surface area contributed by atoms with Crippen molar-refractivity contribution in [2.24, 2.45) is 5.92 Å². The number of nitrogens with two attached hydrogens (primary N) is 1.